The number of anilines is 1. The van der Waals surface area contributed by atoms with Crippen LogP contribution in [0.1, 0.15) is 26.7 Å². The van der Waals surface area contributed by atoms with Crippen LogP contribution in [0.15, 0.2) is 6.07 Å². The molecule has 0 radical (unpaired) electrons. The van der Waals surface area contributed by atoms with Crippen LogP contribution in [-0.4, -0.2) is 53.8 Å². The van der Waals surface area contributed by atoms with Crippen molar-refractivity contribution < 1.29 is 9.59 Å². The molecule has 1 N–H and O–H groups in total. The molecule has 1 aromatic carbocycles. The van der Waals surface area contributed by atoms with Gasteiger partial charge in [-0.25, -0.2) is 0 Å². The molecule has 1 saturated heterocycles. The van der Waals surface area contributed by atoms with Crippen LogP contribution in [0.5, 0.6) is 0 Å². The third-order valence-corrected chi connectivity index (χ3v) is 6.02. The van der Waals surface area contributed by atoms with Crippen LogP contribution in [0.25, 0.3) is 0 Å². The van der Waals surface area contributed by atoms with Crippen LogP contribution in [-0.2, 0) is 9.59 Å². The van der Waals surface area contributed by atoms with Crippen molar-refractivity contribution in [2.24, 2.45) is 0 Å². The standard InChI is InChI=1S/C17H21Cl4N3O2/c1-3-23(4-2)17(26)12-6-5-7-24(12)9-13(25)22-16-14(20)10(18)8-11(19)15(16)21/h8,12H,3-7,9H2,1-2H3,(H,22,25). The molecule has 1 unspecified atom stereocenters. The van der Waals surface area contributed by atoms with E-state index >= 15 is 0 Å². The van der Waals surface area contributed by atoms with Crippen molar-refractivity contribution in [3.63, 3.8) is 0 Å². The number of nitrogens with one attached hydrogen (secondary N) is 1. The Morgan fingerprint density at radius 3 is 2.27 bits per heavy atom. The minimum absolute atomic E-state index is 0.0576. The van der Waals surface area contributed by atoms with Gasteiger partial charge in [0.25, 0.3) is 0 Å². The van der Waals surface area contributed by atoms with Crippen molar-refractivity contribution in [1.82, 2.24) is 9.80 Å². The van der Waals surface area contributed by atoms with Gasteiger partial charge in [-0.15, -0.1) is 0 Å². The first-order chi connectivity index (χ1) is 12.3. The van der Waals surface area contributed by atoms with Gasteiger partial charge in [0, 0.05) is 13.1 Å². The van der Waals surface area contributed by atoms with Crippen LogP contribution < -0.4 is 5.32 Å². The predicted octanol–water partition coefficient (Wildman–Crippen LogP) is 4.57. The predicted molar refractivity (Wildman–Crippen MR) is 108 cm³/mol. The second-order valence-corrected chi connectivity index (χ2v) is 7.60. The Morgan fingerprint density at radius 2 is 1.73 bits per heavy atom. The molecule has 9 heteroatoms. The second kappa shape index (κ2) is 9.47. The number of carbonyl (C=O) groups excluding carboxylic acids is 2. The maximum Gasteiger partial charge on any atom is 0.239 e. The molecule has 1 fully saturated rings. The zero-order chi connectivity index (χ0) is 19.4. The van der Waals surface area contributed by atoms with Crippen molar-refractivity contribution in [2.75, 3.05) is 31.5 Å². The molecule has 1 atom stereocenters. The van der Waals surface area contributed by atoms with Crippen LogP contribution in [0.4, 0.5) is 5.69 Å². The molecule has 5 nitrogen and oxygen atoms in total. The minimum atomic E-state index is -0.327. The van der Waals surface area contributed by atoms with Gasteiger partial charge >= 0.3 is 0 Å². The molecule has 1 aliphatic heterocycles. The number of hydrogen-bond donors (Lipinski definition) is 1. The van der Waals surface area contributed by atoms with Crippen LogP contribution >= 0.6 is 46.4 Å². The van der Waals surface area contributed by atoms with E-state index in [1.165, 1.54) is 6.07 Å². The fourth-order valence-corrected chi connectivity index (χ4v) is 3.99. The number of hydrogen-bond acceptors (Lipinski definition) is 3. The van der Waals surface area contributed by atoms with Gasteiger partial charge in [0.05, 0.1) is 38.4 Å². The highest BCUT2D eigenvalue weighted by atomic mass is 35.5. The fraction of sp³-hybridized carbons (Fsp3) is 0.529. The summed E-state index contributed by atoms with van der Waals surface area (Å²) in [6.07, 6.45) is 1.61. The highest BCUT2D eigenvalue weighted by Crippen LogP contribution is 2.41. The molecule has 2 rings (SSSR count). The first-order valence-corrected chi connectivity index (χ1v) is 9.96. The first-order valence-electron chi connectivity index (χ1n) is 8.45. The molecular weight excluding hydrogens is 420 g/mol. The second-order valence-electron chi connectivity index (χ2n) is 6.03. The molecule has 2 amide bonds. The number of carbonyl (C=O) groups is 2. The summed E-state index contributed by atoms with van der Waals surface area (Å²) in [6, 6.07) is 1.14. The lowest BCUT2D eigenvalue weighted by molar-refractivity contribution is -0.136. The van der Waals surface area contributed by atoms with E-state index in [-0.39, 0.29) is 50.2 Å². The highest BCUT2D eigenvalue weighted by Gasteiger charge is 2.34. The van der Waals surface area contributed by atoms with Crippen LogP contribution in [0.3, 0.4) is 0 Å². The summed E-state index contributed by atoms with van der Waals surface area (Å²) < 4.78 is 0. The van der Waals surface area contributed by atoms with Gasteiger partial charge in [0.2, 0.25) is 11.8 Å². The van der Waals surface area contributed by atoms with Crippen LogP contribution in [0, 0.1) is 0 Å². The lowest BCUT2D eigenvalue weighted by Crippen LogP contribution is -2.47. The number of likely N-dealkylation sites (N-methyl/N-ethyl adjacent to an activating group) is 1. The summed E-state index contributed by atoms with van der Waals surface area (Å²) >= 11 is 24.2. The first kappa shape index (κ1) is 21.6. The minimum Gasteiger partial charge on any atom is -0.342 e. The zero-order valence-corrected chi connectivity index (χ0v) is 17.6. The van der Waals surface area contributed by atoms with Gasteiger partial charge in [0.1, 0.15) is 0 Å². The van der Waals surface area contributed by atoms with Crippen molar-refractivity contribution in [3.05, 3.63) is 26.2 Å². The Hall–Kier alpha value is -0.720. The van der Waals surface area contributed by atoms with Crippen molar-refractivity contribution in [3.8, 4) is 0 Å². The molecule has 0 aromatic heterocycles. The summed E-state index contributed by atoms with van der Waals surface area (Å²) in [5.41, 5.74) is 0.182. The van der Waals surface area contributed by atoms with Crippen molar-refractivity contribution in [1.29, 1.82) is 0 Å². The Labute approximate surface area is 173 Å². The van der Waals surface area contributed by atoms with Crippen LogP contribution in [0.2, 0.25) is 20.1 Å². The third-order valence-electron chi connectivity index (χ3n) is 4.45. The van der Waals surface area contributed by atoms with E-state index in [0.29, 0.717) is 19.6 Å². The SMILES string of the molecule is CCN(CC)C(=O)C1CCCN1CC(=O)Nc1c(Cl)c(Cl)cc(Cl)c1Cl. The molecule has 26 heavy (non-hydrogen) atoms. The molecule has 0 saturated carbocycles. The van der Waals surface area contributed by atoms with Gasteiger partial charge in [-0.05, 0) is 39.3 Å². The zero-order valence-electron chi connectivity index (χ0n) is 14.6. The normalized spacial score (nSPS) is 17.4. The van der Waals surface area contributed by atoms with E-state index in [4.69, 9.17) is 46.4 Å². The third kappa shape index (κ3) is 4.76. The summed E-state index contributed by atoms with van der Waals surface area (Å²) in [6.45, 7) is 5.94. The molecule has 0 bridgehead atoms. The molecule has 1 heterocycles. The molecule has 0 spiro atoms. The number of halogens is 4. The molecule has 144 valence electrons. The average molecular weight is 441 g/mol. The van der Waals surface area contributed by atoms with Gasteiger partial charge in [-0.2, -0.15) is 0 Å². The summed E-state index contributed by atoms with van der Waals surface area (Å²) in [5.74, 6) is -0.270. The largest absolute Gasteiger partial charge is 0.342 e. The van der Waals surface area contributed by atoms with E-state index in [1.54, 1.807) is 4.90 Å². The molecule has 1 aromatic rings. The molecule has 0 aliphatic carbocycles. The summed E-state index contributed by atoms with van der Waals surface area (Å²) in [5, 5.41) is 3.33. The van der Waals surface area contributed by atoms with E-state index < -0.39 is 0 Å². The summed E-state index contributed by atoms with van der Waals surface area (Å²) in [4.78, 5) is 28.8. The lowest BCUT2D eigenvalue weighted by Gasteiger charge is -2.28. The number of rotatable bonds is 6. The van der Waals surface area contributed by atoms with Gasteiger partial charge in [-0.1, -0.05) is 46.4 Å². The Bertz CT molecular complexity index is 669. The number of benzene rings is 1. The smallest absolute Gasteiger partial charge is 0.239 e. The number of nitrogens with zero attached hydrogens (tertiary/aromatic N) is 2. The van der Waals surface area contributed by atoms with E-state index in [2.05, 4.69) is 5.32 Å². The van der Waals surface area contributed by atoms with Gasteiger partial charge in [0.15, 0.2) is 0 Å². The maximum atomic E-state index is 12.6. The average Bonchev–Trinajstić information content (AvgIpc) is 3.06. The quantitative estimate of drug-likeness (QED) is 0.659. The van der Waals surface area contributed by atoms with Crippen molar-refractivity contribution >= 4 is 63.9 Å². The Balaban J connectivity index is 2.09. The Morgan fingerprint density at radius 1 is 1.15 bits per heavy atom. The van der Waals surface area contributed by atoms with Gasteiger partial charge < -0.3 is 10.2 Å². The summed E-state index contributed by atoms with van der Waals surface area (Å²) in [7, 11) is 0. The van der Waals surface area contributed by atoms with E-state index in [0.717, 1.165) is 12.8 Å². The topological polar surface area (TPSA) is 52.7 Å². The number of likely N-dealkylation sites (tertiary alicyclic amines) is 1. The van der Waals surface area contributed by atoms with Crippen molar-refractivity contribution in [2.45, 2.75) is 32.7 Å². The monoisotopic (exact) mass is 439 g/mol. The van der Waals surface area contributed by atoms with Gasteiger partial charge in [-0.3, -0.25) is 14.5 Å². The lowest BCUT2D eigenvalue weighted by atomic mass is 10.2. The molecule has 1 aliphatic rings. The Kier molecular flexibility index (Phi) is 7.86. The highest BCUT2D eigenvalue weighted by molar-refractivity contribution is 6.50. The maximum absolute atomic E-state index is 12.6. The van der Waals surface area contributed by atoms with E-state index in [1.807, 2.05) is 18.7 Å². The molecular formula is C17H21Cl4N3O2. The fourth-order valence-electron chi connectivity index (χ4n) is 3.09. The van der Waals surface area contributed by atoms with E-state index in [9.17, 15) is 9.59 Å². The number of amides is 2.